The first-order chi connectivity index (χ1) is 7.29. The van der Waals surface area contributed by atoms with E-state index in [0.29, 0.717) is 12.4 Å². The fourth-order valence-electron chi connectivity index (χ4n) is 1.50. The van der Waals surface area contributed by atoms with Crippen molar-refractivity contribution in [2.45, 2.75) is 19.8 Å². The number of pyridine rings is 1. The minimum atomic E-state index is 0.137. The summed E-state index contributed by atoms with van der Waals surface area (Å²) in [5.41, 5.74) is 6.71. The molecule has 0 aliphatic carbocycles. The second-order valence-corrected chi connectivity index (χ2v) is 3.47. The Morgan fingerprint density at radius 2 is 2.27 bits per heavy atom. The summed E-state index contributed by atoms with van der Waals surface area (Å²) in [7, 11) is 0. The van der Waals surface area contributed by atoms with E-state index < -0.39 is 0 Å². The molecule has 0 fully saturated rings. The summed E-state index contributed by atoms with van der Waals surface area (Å²) >= 11 is 0. The van der Waals surface area contributed by atoms with Gasteiger partial charge in [-0.2, -0.15) is 0 Å². The molecule has 0 aromatic carbocycles. The lowest BCUT2D eigenvalue weighted by Crippen LogP contribution is -2.28. The fraction of sp³-hybridized carbons (Fsp3) is 0.545. The van der Waals surface area contributed by atoms with Gasteiger partial charge in [0.15, 0.2) is 0 Å². The minimum absolute atomic E-state index is 0.137. The van der Waals surface area contributed by atoms with Gasteiger partial charge in [0, 0.05) is 19.3 Å². The van der Waals surface area contributed by atoms with Gasteiger partial charge < -0.3 is 15.7 Å². The van der Waals surface area contributed by atoms with Crippen LogP contribution in [0.3, 0.4) is 0 Å². The monoisotopic (exact) mass is 209 g/mol. The Morgan fingerprint density at radius 1 is 1.47 bits per heavy atom. The third kappa shape index (κ3) is 3.40. The highest BCUT2D eigenvalue weighted by atomic mass is 16.3. The summed E-state index contributed by atoms with van der Waals surface area (Å²) in [5.74, 6) is 0.530. The highest BCUT2D eigenvalue weighted by Crippen LogP contribution is 2.20. The summed E-state index contributed by atoms with van der Waals surface area (Å²) in [6.07, 6.45) is 3.90. The zero-order valence-electron chi connectivity index (χ0n) is 9.19. The second-order valence-electron chi connectivity index (χ2n) is 3.47. The highest BCUT2D eigenvalue weighted by Gasteiger charge is 2.08. The van der Waals surface area contributed by atoms with Crippen molar-refractivity contribution in [1.29, 1.82) is 0 Å². The molecule has 0 saturated heterocycles. The van der Waals surface area contributed by atoms with E-state index in [1.54, 1.807) is 6.20 Å². The van der Waals surface area contributed by atoms with E-state index in [1.807, 2.05) is 12.1 Å². The van der Waals surface area contributed by atoms with Crippen LogP contribution >= 0.6 is 0 Å². The van der Waals surface area contributed by atoms with Crippen molar-refractivity contribution >= 4 is 11.5 Å². The Balaban J connectivity index is 2.74. The van der Waals surface area contributed by atoms with Crippen molar-refractivity contribution < 1.29 is 5.11 Å². The molecule has 4 nitrogen and oxygen atoms in total. The molecule has 0 spiro atoms. The van der Waals surface area contributed by atoms with Gasteiger partial charge in [0.2, 0.25) is 0 Å². The molecule has 0 aliphatic rings. The van der Waals surface area contributed by atoms with Crippen LogP contribution in [-0.4, -0.2) is 29.8 Å². The maximum Gasteiger partial charge on any atom is 0.146 e. The first-order valence-corrected chi connectivity index (χ1v) is 5.36. The fourth-order valence-corrected chi connectivity index (χ4v) is 1.50. The number of hydrogen-bond acceptors (Lipinski definition) is 4. The van der Waals surface area contributed by atoms with E-state index in [-0.39, 0.29) is 6.61 Å². The first kappa shape index (κ1) is 11.8. The number of aromatic nitrogens is 1. The lowest BCUT2D eigenvalue weighted by Gasteiger charge is -2.24. The van der Waals surface area contributed by atoms with Gasteiger partial charge >= 0.3 is 0 Å². The highest BCUT2D eigenvalue weighted by molar-refractivity contribution is 5.62. The van der Waals surface area contributed by atoms with Crippen LogP contribution in [0.2, 0.25) is 0 Å². The van der Waals surface area contributed by atoms with E-state index in [1.165, 1.54) is 0 Å². The van der Waals surface area contributed by atoms with Crippen LogP contribution in [0.1, 0.15) is 19.8 Å². The van der Waals surface area contributed by atoms with Crippen molar-refractivity contribution in [1.82, 2.24) is 4.98 Å². The Bertz CT molecular complexity index is 291. The van der Waals surface area contributed by atoms with Crippen LogP contribution < -0.4 is 10.6 Å². The summed E-state index contributed by atoms with van der Waals surface area (Å²) in [6, 6.07) is 3.80. The van der Waals surface area contributed by atoms with Crippen LogP contribution in [0.15, 0.2) is 18.3 Å². The van der Waals surface area contributed by atoms with Crippen LogP contribution in [0.4, 0.5) is 11.5 Å². The number of nitrogens with zero attached hydrogens (tertiary/aromatic N) is 2. The third-order valence-corrected chi connectivity index (χ3v) is 2.31. The summed E-state index contributed by atoms with van der Waals surface area (Å²) < 4.78 is 0. The molecule has 0 bridgehead atoms. The van der Waals surface area contributed by atoms with Crippen LogP contribution in [0.5, 0.6) is 0 Å². The van der Waals surface area contributed by atoms with Crippen LogP contribution in [-0.2, 0) is 0 Å². The van der Waals surface area contributed by atoms with Gasteiger partial charge in [-0.25, -0.2) is 4.98 Å². The van der Waals surface area contributed by atoms with Crippen molar-refractivity contribution in [3.8, 4) is 0 Å². The lowest BCUT2D eigenvalue weighted by molar-refractivity contribution is 0.301. The average molecular weight is 209 g/mol. The Labute approximate surface area is 90.7 Å². The minimum Gasteiger partial charge on any atom is -0.395 e. The maximum atomic E-state index is 8.99. The maximum absolute atomic E-state index is 8.99. The molecule has 1 aromatic rings. The molecule has 1 heterocycles. The van der Waals surface area contributed by atoms with Gasteiger partial charge in [0.05, 0.1) is 12.3 Å². The molecule has 0 unspecified atom stereocenters. The number of nitrogens with two attached hydrogens (primary N) is 1. The molecule has 84 valence electrons. The van der Waals surface area contributed by atoms with Gasteiger partial charge in [-0.05, 0) is 18.6 Å². The number of anilines is 2. The van der Waals surface area contributed by atoms with Crippen molar-refractivity contribution in [2.75, 3.05) is 30.3 Å². The summed E-state index contributed by atoms with van der Waals surface area (Å²) in [6.45, 7) is 3.80. The standard InChI is InChI=1S/C11H19N3O/c1-2-3-7-14(8-9-15)10-5-4-6-13-11(10)12/h4-6,15H,2-3,7-9H2,1H3,(H2,12,13). The molecule has 15 heavy (non-hydrogen) atoms. The predicted octanol–water partition coefficient (Wildman–Crippen LogP) is 1.26. The number of nitrogen functional groups attached to an aromatic ring is 1. The summed E-state index contributed by atoms with van der Waals surface area (Å²) in [4.78, 5) is 6.12. The molecule has 3 N–H and O–H groups in total. The van der Waals surface area contributed by atoms with E-state index >= 15 is 0 Å². The molecular formula is C11H19N3O. The molecule has 0 atom stereocenters. The average Bonchev–Trinajstić information content (AvgIpc) is 2.25. The second kappa shape index (κ2) is 6.24. The molecule has 0 amide bonds. The van der Waals surface area contributed by atoms with Crippen molar-refractivity contribution in [3.63, 3.8) is 0 Å². The van der Waals surface area contributed by atoms with Crippen LogP contribution in [0, 0.1) is 0 Å². The topological polar surface area (TPSA) is 62.4 Å². The van der Waals surface area contributed by atoms with Crippen molar-refractivity contribution in [3.05, 3.63) is 18.3 Å². The number of unbranched alkanes of at least 4 members (excludes halogenated alkanes) is 1. The number of hydrogen-bond donors (Lipinski definition) is 2. The van der Waals surface area contributed by atoms with Gasteiger partial charge in [0.1, 0.15) is 5.82 Å². The number of aliphatic hydroxyl groups is 1. The SMILES string of the molecule is CCCCN(CCO)c1cccnc1N. The van der Waals surface area contributed by atoms with Gasteiger partial charge in [-0.3, -0.25) is 0 Å². The van der Waals surface area contributed by atoms with E-state index in [9.17, 15) is 0 Å². The molecule has 4 heteroatoms. The van der Waals surface area contributed by atoms with Gasteiger partial charge in [-0.1, -0.05) is 13.3 Å². The Morgan fingerprint density at radius 3 is 2.87 bits per heavy atom. The molecule has 1 rings (SSSR count). The predicted molar refractivity (Wildman–Crippen MR) is 62.9 cm³/mol. The Kier molecular flexibility index (Phi) is 4.90. The normalized spacial score (nSPS) is 10.3. The van der Waals surface area contributed by atoms with Gasteiger partial charge in [-0.15, -0.1) is 0 Å². The quantitative estimate of drug-likeness (QED) is 0.740. The molecule has 1 aromatic heterocycles. The van der Waals surface area contributed by atoms with E-state index in [2.05, 4.69) is 16.8 Å². The zero-order valence-corrected chi connectivity index (χ0v) is 9.19. The molecule has 0 aliphatic heterocycles. The van der Waals surface area contributed by atoms with Gasteiger partial charge in [0.25, 0.3) is 0 Å². The smallest absolute Gasteiger partial charge is 0.146 e. The lowest BCUT2D eigenvalue weighted by atomic mass is 10.2. The number of aliphatic hydroxyl groups excluding tert-OH is 1. The van der Waals surface area contributed by atoms with E-state index in [0.717, 1.165) is 25.1 Å². The third-order valence-electron chi connectivity index (χ3n) is 2.31. The van der Waals surface area contributed by atoms with Crippen LogP contribution in [0.25, 0.3) is 0 Å². The van der Waals surface area contributed by atoms with Crippen molar-refractivity contribution in [2.24, 2.45) is 0 Å². The van der Waals surface area contributed by atoms with E-state index in [4.69, 9.17) is 10.8 Å². The first-order valence-electron chi connectivity index (χ1n) is 5.36. The molecular weight excluding hydrogens is 190 g/mol. The number of rotatable bonds is 6. The molecule has 0 radical (unpaired) electrons. The Hall–Kier alpha value is -1.29. The summed E-state index contributed by atoms with van der Waals surface area (Å²) in [5, 5.41) is 8.99. The largest absolute Gasteiger partial charge is 0.395 e. The zero-order chi connectivity index (χ0) is 11.1. The molecule has 0 saturated carbocycles.